The third-order valence-electron chi connectivity index (χ3n) is 3.89. The Kier molecular flexibility index (Phi) is 5.78. The molecule has 0 aliphatic rings. The van der Waals surface area contributed by atoms with Crippen molar-refractivity contribution in [3.8, 4) is 5.75 Å². The molecule has 0 saturated heterocycles. The van der Waals surface area contributed by atoms with Crippen LogP contribution in [0.4, 0.5) is 0 Å². The van der Waals surface area contributed by atoms with Crippen molar-refractivity contribution in [2.75, 3.05) is 7.11 Å². The number of amides is 2. The predicted octanol–water partition coefficient (Wildman–Crippen LogP) is 1.67. The summed E-state index contributed by atoms with van der Waals surface area (Å²) in [6, 6.07) is 11.0. The largest absolute Gasteiger partial charge is 0.496 e. The molecule has 0 fully saturated rings. The van der Waals surface area contributed by atoms with Crippen LogP contribution in [0.5, 0.6) is 5.75 Å². The zero-order valence-corrected chi connectivity index (χ0v) is 14.7. The Labute approximate surface area is 156 Å². The van der Waals surface area contributed by atoms with Crippen LogP contribution < -0.4 is 15.4 Å². The Balaban J connectivity index is 1.63. The van der Waals surface area contributed by atoms with Crippen LogP contribution >= 0.6 is 0 Å². The smallest absolute Gasteiger partial charge is 0.272 e. The molecule has 3 N–H and O–H groups in total. The molecule has 0 unspecified atom stereocenters. The first-order valence-electron chi connectivity index (χ1n) is 8.29. The molecule has 0 atom stereocenters. The molecular weight excluding hydrogens is 346 g/mol. The molecule has 0 saturated carbocycles. The van der Waals surface area contributed by atoms with E-state index < -0.39 is 11.8 Å². The van der Waals surface area contributed by atoms with Gasteiger partial charge in [-0.2, -0.15) is 0 Å². The maximum Gasteiger partial charge on any atom is 0.272 e. The second-order valence-electron chi connectivity index (χ2n) is 5.66. The standard InChI is InChI=1S/C19H19N5O3/c1-27-15-7-3-2-6-14(15)11-22-19(26)17-16(23-12-24-17)18(25)21-10-13-5-4-8-20-9-13/h2-9,12H,10-11H2,1H3,(H,21,25)(H,22,26)(H,23,24). The van der Waals surface area contributed by atoms with Crippen molar-refractivity contribution in [3.05, 3.63) is 77.6 Å². The van der Waals surface area contributed by atoms with Gasteiger partial charge in [-0.3, -0.25) is 14.6 Å². The Morgan fingerprint density at radius 2 is 1.89 bits per heavy atom. The van der Waals surface area contributed by atoms with Gasteiger partial charge in [0, 0.05) is 31.0 Å². The first-order chi connectivity index (χ1) is 13.2. The maximum atomic E-state index is 12.5. The molecule has 0 aliphatic carbocycles. The van der Waals surface area contributed by atoms with Gasteiger partial charge in [-0.05, 0) is 17.7 Å². The number of nitrogens with zero attached hydrogens (tertiary/aromatic N) is 2. The first-order valence-corrected chi connectivity index (χ1v) is 8.29. The predicted molar refractivity (Wildman–Crippen MR) is 98.2 cm³/mol. The molecule has 8 nitrogen and oxygen atoms in total. The minimum Gasteiger partial charge on any atom is -0.496 e. The average Bonchev–Trinajstić information content (AvgIpc) is 3.21. The monoisotopic (exact) mass is 365 g/mol. The summed E-state index contributed by atoms with van der Waals surface area (Å²) >= 11 is 0. The molecule has 2 heterocycles. The second-order valence-corrected chi connectivity index (χ2v) is 5.66. The number of carbonyl (C=O) groups excluding carboxylic acids is 2. The van der Waals surface area contributed by atoms with Crippen LogP contribution in [-0.4, -0.2) is 33.9 Å². The van der Waals surface area contributed by atoms with E-state index in [1.165, 1.54) is 6.33 Å². The number of imidazole rings is 1. The minimum absolute atomic E-state index is 0.0357. The van der Waals surface area contributed by atoms with Crippen molar-refractivity contribution in [1.29, 1.82) is 0 Å². The van der Waals surface area contributed by atoms with Crippen molar-refractivity contribution in [3.63, 3.8) is 0 Å². The van der Waals surface area contributed by atoms with Gasteiger partial charge in [-0.25, -0.2) is 4.98 Å². The van der Waals surface area contributed by atoms with E-state index in [0.717, 1.165) is 11.1 Å². The summed E-state index contributed by atoms with van der Waals surface area (Å²) in [5, 5.41) is 5.49. The molecule has 2 aromatic heterocycles. The molecule has 0 spiro atoms. The maximum absolute atomic E-state index is 12.5. The Morgan fingerprint density at radius 3 is 2.67 bits per heavy atom. The highest BCUT2D eigenvalue weighted by molar-refractivity contribution is 6.04. The quantitative estimate of drug-likeness (QED) is 0.590. The van der Waals surface area contributed by atoms with E-state index in [4.69, 9.17) is 4.74 Å². The lowest BCUT2D eigenvalue weighted by molar-refractivity contribution is 0.0911. The third-order valence-corrected chi connectivity index (χ3v) is 3.89. The van der Waals surface area contributed by atoms with Gasteiger partial charge in [-0.1, -0.05) is 24.3 Å². The number of H-pyrrole nitrogens is 1. The minimum atomic E-state index is -0.450. The van der Waals surface area contributed by atoms with E-state index in [1.54, 1.807) is 25.6 Å². The number of carbonyl (C=O) groups is 2. The lowest BCUT2D eigenvalue weighted by Crippen LogP contribution is -2.29. The number of ether oxygens (including phenoxy) is 1. The number of aromatic amines is 1. The fourth-order valence-electron chi connectivity index (χ4n) is 2.52. The summed E-state index contributed by atoms with van der Waals surface area (Å²) < 4.78 is 5.26. The van der Waals surface area contributed by atoms with E-state index >= 15 is 0 Å². The molecule has 8 heteroatoms. The summed E-state index contributed by atoms with van der Waals surface area (Å²) in [5.41, 5.74) is 1.82. The highest BCUT2D eigenvalue weighted by Crippen LogP contribution is 2.17. The van der Waals surface area contributed by atoms with Crippen LogP contribution in [0.3, 0.4) is 0 Å². The number of hydrogen-bond donors (Lipinski definition) is 3. The van der Waals surface area contributed by atoms with Gasteiger partial charge in [0.25, 0.3) is 11.8 Å². The number of pyridine rings is 1. The summed E-state index contributed by atoms with van der Waals surface area (Å²) in [5.74, 6) is -0.193. The van der Waals surface area contributed by atoms with Gasteiger partial charge < -0.3 is 20.4 Å². The zero-order chi connectivity index (χ0) is 19.1. The number of para-hydroxylation sites is 1. The van der Waals surface area contributed by atoms with E-state index in [0.29, 0.717) is 12.3 Å². The van der Waals surface area contributed by atoms with Crippen molar-refractivity contribution in [2.45, 2.75) is 13.1 Å². The Morgan fingerprint density at radius 1 is 1.07 bits per heavy atom. The highest BCUT2D eigenvalue weighted by atomic mass is 16.5. The zero-order valence-electron chi connectivity index (χ0n) is 14.7. The molecule has 1 aromatic carbocycles. The van der Waals surface area contributed by atoms with Crippen molar-refractivity contribution in [1.82, 2.24) is 25.6 Å². The third kappa shape index (κ3) is 4.49. The fraction of sp³-hybridized carbons (Fsp3) is 0.158. The lowest BCUT2D eigenvalue weighted by Gasteiger charge is -2.09. The lowest BCUT2D eigenvalue weighted by atomic mass is 10.2. The van der Waals surface area contributed by atoms with Gasteiger partial charge in [0.05, 0.1) is 13.4 Å². The topological polar surface area (TPSA) is 109 Å². The van der Waals surface area contributed by atoms with Crippen LogP contribution in [0.1, 0.15) is 32.1 Å². The Hall–Kier alpha value is -3.68. The molecular formula is C19H19N5O3. The molecule has 138 valence electrons. The van der Waals surface area contributed by atoms with Gasteiger partial charge >= 0.3 is 0 Å². The molecule has 0 radical (unpaired) electrons. The SMILES string of the molecule is COc1ccccc1CNC(=O)c1nc[nH]c1C(=O)NCc1cccnc1. The van der Waals surface area contributed by atoms with Crippen LogP contribution in [0.15, 0.2) is 55.1 Å². The van der Waals surface area contributed by atoms with Gasteiger partial charge in [-0.15, -0.1) is 0 Å². The highest BCUT2D eigenvalue weighted by Gasteiger charge is 2.20. The first kappa shape index (κ1) is 18.1. The van der Waals surface area contributed by atoms with E-state index in [-0.39, 0.29) is 17.9 Å². The Bertz CT molecular complexity index is 924. The number of benzene rings is 1. The summed E-state index contributed by atoms with van der Waals surface area (Å²) in [7, 11) is 1.57. The van der Waals surface area contributed by atoms with E-state index in [9.17, 15) is 9.59 Å². The number of nitrogens with one attached hydrogen (secondary N) is 3. The number of aromatic nitrogens is 3. The van der Waals surface area contributed by atoms with Crippen molar-refractivity contribution >= 4 is 11.8 Å². The molecule has 2 amide bonds. The second kappa shape index (κ2) is 8.61. The number of methoxy groups -OCH3 is 1. The molecule has 27 heavy (non-hydrogen) atoms. The summed E-state index contributed by atoms with van der Waals surface area (Å²) in [6.45, 7) is 0.556. The van der Waals surface area contributed by atoms with Gasteiger partial charge in [0.15, 0.2) is 5.69 Å². The summed E-state index contributed by atoms with van der Waals surface area (Å²) in [4.78, 5) is 35.5. The van der Waals surface area contributed by atoms with E-state index in [1.807, 2.05) is 30.3 Å². The van der Waals surface area contributed by atoms with Crippen LogP contribution in [0.2, 0.25) is 0 Å². The number of rotatable bonds is 7. The molecule has 0 bridgehead atoms. The van der Waals surface area contributed by atoms with Crippen molar-refractivity contribution in [2.24, 2.45) is 0 Å². The molecule has 3 rings (SSSR count). The van der Waals surface area contributed by atoms with Crippen LogP contribution in [-0.2, 0) is 13.1 Å². The van der Waals surface area contributed by atoms with E-state index in [2.05, 4.69) is 25.6 Å². The van der Waals surface area contributed by atoms with Crippen LogP contribution in [0.25, 0.3) is 0 Å². The van der Waals surface area contributed by atoms with Gasteiger partial charge in [0.2, 0.25) is 0 Å². The van der Waals surface area contributed by atoms with Gasteiger partial charge in [0.1, 0.15) is 11.4 Å². The fourth-order valence-corrected chi connectivity index (χ4v) is 2.52. The average molecular weight is 365 g/mol. The van der Waals surface area contributed by atoms with Crippen LogP contribution in [0, 0.1) is 0 Å². The summed E-state index contributed by atoms with van der Waals surface area (Å²) in [6.07, 6.45) is 4.63. The molecule has 0 aliphatic heterocycles. The molecule has 3 aromatic rings. The normalized spacial score (nSPS) is 10.3. The number of hydrogen-bond acceptors (Lipinski definition) is 5. The van der Waals surface area contributed by atoms with Crippen molar-refractivity contribution < 1.29 is 14.3 Å².